The van der Waals surface area contributed by atoms with Crippen LogP contribution in [0.25, 0.3) is 0 Å². The van der Waals surface area contributed by atoms with Gasteiger partial charge in [0.05, 0.1) is 0 Å². The molecule has 0 aromatic heterocycles. The van der Waals surface area contributed by atoms with Gasteiger partial charge in [-0.25, -0.2) is 0 Å². The van der Waals surface area contributed by atoms with Gasteiger partial charge >= 0.3 is 114 Å². The van der Waals surface area contributed by atoms with Gasteiger partial charge in [0.2, 0.25) is 0 Å². The van der Waals surface area contributed by atoms with E-state index in [1.165, 1.54) is 25.7 Å². The second-order valence-electron chi connectivity index (χ2n) is 4.80. The van der Waals surface area contributed by atoms with Crippen molar-refractivity contribution in [2.45, 2.75) is 39.5 Å². The zero-order chi connectivity index (χ0) is 12.1. The Kier molecular flexibility index (Phi) is 7.19. The van der Waals surface area contributed by atoms with Crippen LogP contribution in [0.5, 0.6) is 0 Å². The molecule has 0 atom stereocenters. The maximum atomic E-state index is 2.67. The minimum Gasteiger partial charge on any atom is -1.00 e. The van der Waals surface area contributed by atoms with E-state index < -0.39 is 21.8 Å². The van der Waals surface area contributed by atoms with E-state index in [4.69, 9.17) is 0 Å². The van der Waals surface area contributed by atoms with E-state index in [1.54, 1.807) is 12.1 Å². The van der Waals surface area contributed by atoms with E-state index in [-0.39, 0.29) is 12.4 Å². The molecule has 0 aromatic rings. The summed E-state index contributed by atoms with van der Waals surface area (Å²) in [7, 11) is 0. The van der Waals surface area contributed by atoms with E-state index in [0.29, 0.717) is 0 Å². The smallest absolute Gasteiger partial charge is 1.00 e. The van der Waals surface area contributed by atoms with Crippen LogP contribution in [-0.4, -0.2) is 0 Å². The molecule has 0 N–H and O–H groups in total. The Bertz CT molecular complexity index is 394. The molecule has 0 saturated carbocycles. The minimum atomic E-state index is -1.63. The van der Waals surface area contributed by atoms with Crippen molar-refractivity contribution in [3.8, 4) is 0 Å². The summed E-state index contributed by atoms with van der Waals surface area (Å²) in [6.45, 7) is 4.59. The van der Waals surface area contributed by atoms with Gasteiger partial charge in [-0.15, -0.1) is 0 Å². The molecule has 0 aliphatic heterocycles. The number of rotatable bonds is 5. The van der Waals surface area contributed by atoms with Crippen molar-refractivity contribution in [2.75, 3.05) is 0 Å². The summed E-state index contributed by atoms with van der Waals surface area (Å²) < 4.78 is 6.17. The van der Waals surface area contributed by atoms with E-state index in [0.717, 1.165) is 0 Å². The van der Waals surface area contributed by atoms with Crippen LogP contribution in [0.2, 0.25) is 0 Å². The summed E-state index contributed by atoms with van der Waals surface area (Å²) in [6.07, 6.45) is 18.8. The zero-order valence-corrected chi connectivity index (χ0v) is 14.5. The van der Waals surface area contributed by atoms with Crippen LogP contribution in [0.4, 0.5) is 0 Å². The molecule has 0 fully saturated rings. The monoisotopic (exact) mass is 338 g/mol. The predicted octanol–water partition coefficient (Wildman–Crippen LogP) is 2.00. The van der Waals surface area contributed by atoms with Gasteiger partial charge < -0.3 is 12.4 Å². The van der Waals surface area contributed by atoms with Gasteiger partial charge in [-0.05, 0) is 0 Å². The quantitative estimate of drug-likeness (QED) is 0.718. The van der Waals surface area contributed by atoms with E-state index in [9.17, 15) is 0 Å². The van der Waals surface area contributed by atoms with Crippen LogP contribution in [0.15, 0.2) is 52.4 Å². The van der Waals surface area contributed by atoms with Crippen LogP contribution in [0.1, 0.15) is 39.5 Å². The Morgan fingerprint density at radius 3 is 2.11 bits per heavy atom. The average Bonchev–Trinajstić information content (AvgIpc) is 3.00. The molecule has 0 bridgehead atoms. The Hall–Kier alpha value is -0.127. The summed E-state index contributed by atoms with van der Waals surface area (Å²) in [5.41, 5.74) is 1.61. The van der Waals surface area contributed by atoms with Gasteiger partial charge in [0.1, 0.15) is 0 Å². The van der Waals surface area contributed by atoms with Crippen LogP contribution < -0.4 is 12.4 Å². The first kappa shape index (κ1) is 15.9. The average molecular weight is 340 g/mol. The van der Waals surface area contributed by atoms with Gasteiger partial charge in [0, 0.05) is 0 Å². The van der Waals surface area contributed by atoms with Gasteiger partial charge in [0.25, 0.3) is 0 Å². The van der Waals surface area contributed by atoms with Crippen molar-refractivity contribution in [3.05, 3.63) is 52.4 Å². The van der Waals surface area contributed by atoms with Crippen LogP contribution in [0, 0.1) is 0 Å². The number of hydrogen-bond donors (Lipinski definition) is 0. The second kappa shape index (κ2) is 8.13. The molecule has 0 nitrogen and oxygen atoms in total. The standard InChI is InChI=1S/C6H11.2C5H5.ClH.Zr/c1-4-5-6(2)3;2*1-2-4-5-3-1;;/h2H,4-5H2,1,3H3;2*1-3H,4H2;1H;/q;;;;+1/p-1. The Morgan fingerprint density at radius 2 is 1.72 bits per heavy atom. The summed E-state index contributed by atoms with van der Waals surface area (Å²) in [4.78, 5) is 0. The normalized spacial score (nSPS) is 17.6. The maximum Gasteiger partial charge on any atom is -1.00 e. The molecule has 0 saturated heterocycles. The molecule has 0 radical (unpaired) electrons. The molecular weight excluding hydrogens is 319 g/mol. The molecule has 18 heavy (non-hydrogen) atoms. The third kappa shape index (κ3) is 4.21. The molecule has 2 aliphatic carbocycles. The topological polar surface area (TPSA) is 0 Å². The van der Waals surface area contributed by atoms with Crippen molar-refractivity contribution in [3.63, 3.8) is 0 Å². The summed E-state index contributed by atoms with van der Waals surface area (Å²) in [6, 6.07) is 0. The number of allylic oxidation sites excluding steroid dienone is 9. The number of halogens is 1. The second-order valence-corrected chi connectivity index (χ2v) is 10.7. The molecule has 0 amide bonds. The summed E-state index contributed by atoms with van der Waals surface area (Å²) >= 11 is -1.63. The first-order chi connectivity index (χ1) is 8.31. The maximum absolute atomic E-state index is 2.67. The molecule has 96 valence electrons. The Balaban J connectivity index is 0.00000162. The SMILES string of the molecule is CCC/C(C)=[CH]/[Zr+]([C]1=CC=CC1)[C]1=CC=CC1.[Cl-]. The van der Waals surface area contributed by atoms with Crippen LogP contribution in [0.3, 0.4) is 0 Å². The van der Waals surface area contributed by atoms with Crippen molar-refractivity contribution in [2.24, 2.45) is 0 Å². The van der Waals surface area contributed by atoms with E-state index >= 15 is 0 Å². The van der Waals surface area contributed by atoms with Gasteiger partial charge in [-0.3, -0.25) is 0 Å². The molecule has 2 heteroatoms. The Labute approximate surface area is 125 Å². The van der Waals surface area contributed by atoms with Gasteiger partial charge in [-0.1, -0.05) is 0 Å². The number of hydrogen-bond acceptors (Lipinski definition) is 0. The molecule has 2 aliphatic rings. The fraction of sp³-hybridized carbons (Fsp3) is 0.375. The van der Waals surface area contributed by atoms with E-state index in [2.05, 4.69) is 54.1 Å². The third-order valence-corrected chi connectivity index (χ3v) is 10.4. The van der Waals surface area contributed by atoms with Crippen molar-refractivity contribution in [1.82, 2.24) is 0 Å². The van der Waals surface area contributed by atoms with Gasteiger partial charge in [-0.2, -0.15) is 0 Å². The molecule has 0 heterocycles. The van der Waals surface area contributed by atoms with Crippen LogP contribution in [-0.2, 0) is 21.8 Å². The van der Waals surface area contributed by atoms with Crippen molar-refractivity contribution < 1.29 is 34.2 Å². The first-order valence-corrected chi connectivity index (χ1v) is 10.4. The summed E-state index contributed by atoms with van der Waals surface area (Å²) in [5, 5.41) is 0. The minimum absolute atomic E-state index is 0. The third-order valence-electron chi connectivity index (χ3n) is 3.27. The first-order valence-electron chi connectivity index (χ1n) is 6.57. The zero-order valence-electron chi connectivity index (χ0n) is 11.2. The molecule has 2 rings (SSSR count). The van der Waals surface area contributed by atoms with Crippen molar-refractivity contribution in [1.29, 1.82) is 0 Å². The molecule has 0 spiro atoms. The van der Waals surface area contributed by atoms with E-state index in [1.807, 2.05) is 0 Å². The largest absolute Gasteiger partial charge is 1.00 e. The molecule has 0 aromatic carbocycles. The predicted molar refractivity (Wildman–Crippen MR) is 72.3 cm³/mol. The summed E-state index contributed by atoms with van der Waals surface area (Å²) in [5.74, 6) is 0. The molecular formula is C16H21ClZr. The van der Waals surface area contributed by atoms with Gasteiger partial charge in [0.15, 0.2) is 0 Å². The Morgan fingerprint density at radius 1 is 1.17 bits per heavy atom. The fourth-order valence-electron chi connectivity index (χ4n) is 2.40. The fourth-order valence-corrected chi connectivity index (χ4v) is 8.91. The van der Waals surface area contributed by atoms with Crippen LogP contribution >= 0.6 is 0 Å². The molecule has 0 unspecified atom stereocenters. The van der Waals surface area contributed by atoms with Crippen molar-refractivity contribution >= 4 is 0 Å².